The number of nitrogens with one attached hydrogen (secondary N) is 2. The van der Waals surface area contributed by atoms with E-state index in [1.54, 1.807) is 0 Å². The van der Waals surface area contributed by atoms with Crippen molar-refractivity contribution in [3.05, 3.63) is 33.4 Å². The number of hydrogen-bond acceptors (Lipinski definition) is 5. The number of benzene rings is 1. The topological polar surface area (TPSA) is 85.9 Å². The number of allylic oxidation sites excluding steroid dienone is 1. The van der Waals surface area contributed by atoms with Gasteiger partial charge in [0.15, 0.2) is 18.1 Å². The van der Waals surface area contributed by atoms with Crippen LogP contribution < -0.4 is 20.1 Å². The van der Waals surface area contributed by atoms with Gasteiger partial charge in [-0.05, 0) is 24.6 Å². The maximum atomic E-state index is 13.1. The Morgan fingerprint density at radius 1 is 1.24 bits per heavy atom. The van der Waals surface area contributed by atoms with Crippen molar-refractivity contribution in [2.75, 3.05) is 13.4 Å². The fraction of sp³-hybridized carbons (Fsp3) is 0.375. The summed E-state index contributed by atoms with van der Waals surface area (Å²) in [5.74, 6) is -5.99. The third-order valence-electron chi connectivity index (χ3n) is 4.09. The van der Waals surface area contributed by atoms with Crippen LogP contribution in [-0.2, 0) is 9.53 Å². The van der Waals surface area contributed by atoms with E-state index in [9.17, 15) is 31.5 Å². The molecule has 158 valence electrons. The second kappa shape index (κ2) is 7.35. The Kier molecular flexibility index (Phi) is 5.36. The van der Waals surface area contributed by atoms with Gasteiger partial charge in [-0.3, -0.25) is 0 Å². The van der Waals surface area contributed by atoms with Crippen LogP contribution in [0.5, 0.6) is 11.5 Å². The summed E-state index contributed by atoms with van der Waals surface area (Å²) in [7, 11) is 0. The first-order valence-corrected chi connectivity index (χ1v) is 8.69. The highest BCUT2D eigenvalue weighted by Crippen LogP contribution is 2.42. The quantitative estimate of drug-likeness (QED) is 0.502. The van der Waals surface area contributed by atoms with Crippen molar-refractivity contribution in [2.24, 2.45) is 0 Å². The van der Waals surface area contributed by atoms with Gasteiger partial charge in [-0.1, -0.05) is 15.9 Å². The summed E-state index contributed by atoms with van der Waals surface area (Å²) in [5, 5.41) is 4.67. The van der Waals surface area contributed by atoms with Crippen LogP contribution >= 0.6 is 15.9 Å². The molecule has 1 aromatic carbocycles. The van der Waals surface area contributed by atoms with Gasteiger partial charge in [-0.2, -0.15) is 22.0 Å². The molecule has 2 N–H and O–H groups in total. The number of ether oxygens (including phenoxy) is 3. The molecule has 1 aromatic rings. The smallest absolute Gasteiger partial charge is 0.455 e. The van der Waals surface area contributed by atoms with Gasteiger partial charge in [-0.15, -0.1) is 0 Å². The molecule has 29 heavy (non-hydrogen) atoms. The standard InChI is InChI=1S/C16H12BrF5N2O5/c1-6-11(13(25)27-4-15(18,19)16(20,21)22)12(24-14(26)23-6)7-2-9-10(3-8(7)17)29-5-28-9/h2-3,12H,4-5H2,1H3,(H2,23,24,26)/t12-/m1/s1. The average molecular weight is 487 g/mol. The van der Waals surface area contributed by atoms with Crippen molar-refractivity contribution < 1.29 is 45.8 Å². The SMILES string of the molecule is CC1=C(C(=O)OCC(F)(F)C(F)(F)F)[C@@H](c2cc3c(cc2Br)OCO3)NC(=O)N1. The van der Waals surface area contributed by atoms with Crippen molar-refractivity contribution in [2.45, 2.75) is 25.1 Å². The van der Waals surface area contributed by atoms with Crippen LogP contribution in [0.25, 0.3) is 0 Å². The van der Waals surface area contributed by atoms with E-state index in [0.717, 1.165) is 0 Å². The molecule has 0 radical (unpaired) electrons. The number of hydrogen-bond donors (Lipinski definition) is 2. The van der Waals surface area contributed by atoms with Crippen LogP contribution in [0.15, 0.2) is 27.9 Å². The number of halogens is 6. The van der Waals surface area contributed by atoms with Crippen LogP contribution in [-0.4, -0.2) is 37.5 Å². The summed E-state index contributed by atoms with van der Waals surface area (Å²) < 4.78 is 78.2. The van der Waals surface area contributed by atoms with E-state index < -0.39 is 36.7 Å². The first-order valence-electron chi connectivity index (χ1n) is 7.89. The second-order valence-corrected chi connectivity index (χ2v) is 6.93. The Bertz CT molecular complexity index is 902. The molecule has 2 aliphatic heterocycles. The molecule has 2 heterocycles. The molecule has 0 aliphatic carbocycles. The van der Waals surface area contributed by atoms with Crippen LogP contribution in [0.4, 0.5) is 26.7 Å². The summed E-state index contributed by atoms with van der Waals surface area (Å²) in [6.07, 6.45) is -5.88. The number of alkyl halides is 5. The lowest BCUT2D eigenvalue weighted by Gasteiger charge is -2.29. The summed E-state index contributed by atoms with van der Waals surface area (Å²) in [6, 6.07) is 1.02. The molecule has 0 fully saturated rings. The molecule has 1 atom stereocenters. The Hall–Kier alpha value is -2.57. The van der Waals surface area contributed by atoms with Gasteiger partial charge >= 0.3 is 24.1 Å². The van der Waals surface area contributed by atoms with Gasteiger partial charge < -0.3 is 24.8 Å². The zero-order chi connectivity index (χ0) is 21.6. The number of esters is 1. The van der Waals surface area contributed by atoms with Crippen molar-refractivity contribution >= 4 is 27.9 Å². The van der Waals surface area contributed by atoms with Crippen LogP contribution in [0.3, 0.4) is 0 Å². The molecule has 0 bridgehead atoms. The van der Waals surface area contributed by atoms with Crippen LogP contribution in [0.1, 0.15) is 18.5 Å². The van der Waals surface area contributed by atoms with E-state index in [1.165, 1.54) is 19.1 Å². The number of urea groups is 1. The summed E-state index contributed by atoms with van der Waals surface area (Å²) in [5.41, 5.74) is -0.135. The minimum atomic E-state index is -5.88. The number of amides is 2. The molecular weight excluding hydrogens is 475 g/mol. The predicted molar refractivity (Wildman–Crippen MR) is 89.3 cm³/mol. The van der Waals surface area contributed by atoms with Crippen LogP contribution in [0.2, 0.25) is 0 Å². The van der Waals surface area contributed by atoms with Gasteiger partial charge in [0.1, 0.15) is 0 Å². The van der Waals surface area contributed by atoms with E-state index in [4.69, 9.17) is 9.47 Å². The minimum absolute atomic E-state index is 0.0555. The summed E-state index contributed by atoms with van der Waals surface area (Å²) >= 11 is 3.25. The lowest BCUT2D eigenvalue weighted by Crippen LogP contribution is -2.46. The van der Waals surface area contributed by atoms with Gasteiger partial charge in [0.25, 0.3) is 0 Å². The van der Waals surface area contributed by atoms with E-state index in [2.05, 4.69) is 31.3 Å². The molecule has 0 unspecified atom stereocenters. The van der Waals surface area contributed by atoms with E-state index in [0.29, 0.717) is 16.0 Å². The highest BCUT2D eigenvalue weighted by Gasteiger charge is 2.58. The maximum Gasteiger partial charge on any atom is 0.456 e. The first-order chi connectivity index (χ1) is 13.4. The van der Waals surface area contributed by atoms with Gasteiger partial charge in [0.2, 0.25) is 6.79 Å². The Labute approximate surface area is 168 Å². The second-order valence-electron chi connectivity index (χ2n) is 6.08. The lowest BCUT2D eigenvalue weighted by atomic mass is 9.95. The number of carbonyl (C=O) groups is 2. The molecule has 2 amide bonds. The Morgan fingerprint density at radius 2 is 1.86 bits per heavy atom. The molecule has 0 aromatic heterocycles. The molecule has 3 rings (SSSR count). The van der Waals surface area contributed by atoms with Crippen molar-refractivity contribution in [3.8, 4) is 11.5 Å². The maximum absolute atomic E-state index is 13.1. The number of carbonyl (C=O) groups excluding carboxylic acids is 2. The highest BCUT2D eigenvalue weighted by molar-refractivity contribution is 9.10. The van der Waals surface area contributed by atoms with E-state index in [-0.39, 0.29) is 23.6 Å². The summed E-state index contributed by atoms with van der Waals surface area (Å²) in [6.45, 7) is -0.972. The molecule has 0 spiro atoms. The molecule has 0 saturated carbocycles. The van der Waals surface area contributed by atoms with E-state index in [1.807, 2.05) is 0 Å². The molecular formula is C16H12BrF5N2O5. The highest BCUT2D eigenvalue weighted by atomic mass is 79.9. The van der Waals surface area contributed by atoms with Crippen molar-refractivity contribution in [1.82, 2.24) is 10.6 Å². The lowest BCUT2D eigenvalue weighted by molar-refractivity contribution is -0.293. The molecule has 2 aliphatic rings. The number of rotatable bonds is 4. The fourth-order valence-corrected chi connectivity index (χ4v) is 3.22. The third-order valence-corrected chi connectivity index (χ3v) is 4.78. The van der Waals surface area contributed by atoms with Crippen LogP contribution in [0, 0.1) is 0 Å². The molecule has 7 nitrogen and oxygen atoms in total. The third kappa shape index (κ3) is 4.09. The van der Waals surface area contributed by atoms with Gasteiger partial charge in [0.05, 0.1) is 11.6 Å². The Balaban J connectivity index is 1.92. The minimum Gasteiger partial charge on any atom is -0.455 e. The monoisotopic (exact) mass is 486 g/mol. The zero-order valence-electron chi connectivity index (χ0n) is 14.5. The van der Waals surface area contributed by atoms with Crippen molar-refractivity contribution in [1.29, 1.82) is 0 Å². The van der Waals surface area contributed by atoms with Gasteiger partial charge in [-0.25, -0.2) is 9.59 Å². The molecule has 13 heteroatoms. The number of fused-ring (bicyclic) bond motifs is 1. The van der Waals surface area contributed by atoms with Gasteiger partial charge in [0, 0.05) is 10.2 Å². The Morgan fingerprint density at radius 3 is 2.48 bits per heavy atom. The predicted octanol–water partition coefficient (Wildman–Crippen LogP) is 3.55. The zero-order valence-corrected chi connectivity index (χ0v) is 16.0. The average Bonchev–Trinajstić information content (AvgIpc) is 3.04. The fourth-order valence-electron chi connectivity index (χ4n) is 2.67. The van der Waals surface area contributed by atoms with E-state index >= 15 is 0 Å². The van der Waals surface area contributed by atoms with Crippen molar-refractivity contribution in [3.63, 3.8) is 0 Å². The largest absolute Gasteiger partial charge is 0.456 e. The molecule has 0 saturated heterocycles. The summed E-state index contributed by atoms with van der Waals surface area (Å²) in [4.78, 5) is 24.2. The normalized spacial score (nSPS) is 19.0. The first kappa shape index (κ1) is 21.1.